The number of likely N-dealkylation sites (tertiary alicyclic amines) is 1. The monoisotopic (exact) mass is 709 g/mol. The fourth-order valence-electron chi connectivity index (χ4n) is 7.46. The first-order valence-corrected chi connectivity index (χ1v) is 19.0. The minimum absolute atomic E-state index is 0.0264. The van der Waals surface area contributed by atoms with Crippen LogP contribution < -0.4 is 9.47 Å². The van der Waals surface area contributed by atoms with Crippen molar-refractivity contribution in [3.05, 3.63) is 119 Å². The number of carbonyl (C=O) groups excluding carboxylic acids is 2. The Bertz CT molecular complexity index is 1980. The Labute approximate surface area is 299 Å². The molecule has 3 heterocycles. The van der Waals surface area contributed by atoms with Crippen molar-refractivity contribution in [3.8, 4) is 11.5 Å². The van der Waals surface area contributed by atoms with Gasteiger partial charge in [0.25, 0.3) is 5.91 Å². The number of piperazine rings is 1. The summed E-state index contributed by atoms with van der Waals surface area (Å²) in [6, 6.07) is 29.0. The average Bonchev–Trinajstić information content (AvgIpc) is 3.65. The van der Waals surface area contributed by atoms with Crippen LogP contribution in [0.4, 0.5) is 0 Å². The number of fused-ring (bicyclic) bond motifs is 1. The Hall–Kier alpha value is -4.71. The van der Waals surface area contributed by atoms with Crippen molar-refractivity contribution in [2.24, 2.45) is 0 Å². The van der Waals surface area contributed by atoms with E-state index in [4.69, 9.17) is 14.2 Å². The molecule has 7 rings (SSSR count). The van der Waals surface area contributed by atoms with Crippen LogP contribution in [-0.4, -0.2) is 86.6 Å². The molecule has 0 saturated carbocycles. The van der Waals surface area contributed by atoms with Crippen LogP contribution in [0, 0.1) is 0 Å². The fourth-order valence-corrected chi connectivity index (χ4v) is 8.74. The van der Waals surface area contributed by atoms with Crippen molar-refractivity contribution in [1.29, 1.82) is 0 Å². The van der Waals surface area contributed by atoms with Crippen molar-refractivity contribution in [2.75, 3.05) is 39.5 Å². The van der Waals surface area contributed by atoms with E-state index < -0.39 is 15.8 Å². The van der Waals surface area contributed by atoms with Crippen molar-refractivity contribution in [3.63, 3.8) is 0 Å². The van der Waals surface area contributed by atoms with E-state index in [0.29, 0.717) is 53.4 Å². The number of benzene rings is 4. The molecule has 1 amide bonds. The molecule has 10 nitrogen and oxygen atoms in total. The van der Waals surface area contributed by atoms with Crippen molar-refractivity contribution in [1.82, 2.24) is 14.7 Å². The van der Waals surface area contributed by atoms with Crippen LogP contribution in [0.15, 0.2) is 107 Å². The Morgan fingerprint density at radius 3 is 2.25 bits per heavy atom. The molecule has 2 saturated heterocycles. The lowest BCUT2D eigenvalue weighted by Crippen LogP contribution is -2.57. The van der Waals surface area contributed by atoms with Gasteiger partial charge in [0, 0.05) is 68.0 Å². The topological polar surface area (TPSA) is 106 Å². The summed E-state index contributed by atoms with van der Waals surface area (Å²) in [5.74, 6) is 0.549. The second-order valence-corrected chi connectivity index (χ2v) is 15.4. The maximum atomic E-state index is 13.6. The van der Waals surface area contributed by atoms with Gasteiger partial charge < -0.3 is 19.1 Å². The average molecular weight is 710 g/mol. The number of esters is 1. The number of ether oxygens (including phenoxy) is 3. The molecule has 4 aromatic carbocycles. The number of amides is 1. The van der Waals surface area contributed by atoms with Crippen molar-refractivity contribution in [2.45, 2.75) is 61.2 Å². The first-order valence-electron chi connectivity index (χ1n) is 17.5. The Morgan fingerprint density at radius 1 is 0.824 bits per heavy atom. The van der Waals surface area contributed by atoms with E-state index >= 15 is 0 Å². The zero-order valence-electron chi connectivity index (χ0n) is 28.9. The molecule has 0 N–H and O–H groups in total. The van der Waals surface area contributed by atoms with Gasteiger partial charge in [0.1, 0.15) is 6.61 Å². The molecule has 0 aromatic heterocycles. The summed E-state index contributed by atoms with van der Waals surface area (Å²) in [7, 11) is -3.70. The highest BCUT2D eigenvalue weighted by molar-refractivity contribution is 7.91. The summed E-state index contributed by atoms with van der Waals surface area (Å²) in [5.41, 5.74) is 2.83. The van der Waals surface area contributed by atoms with Crippen molar-refractivity contribution >= 4 is 21.7 Å². The maximum Gasteiger partial charge on any atom is 0.338 e. The zero-order chi connectivity index (χ0) is 35.5. The zero-order valence-corrected chi connectivity index (χ0v) is 29.8. The highest BCUT2D eigenvalue weighted by atomic mass is 32.2. The van der Waals surface area contributed by atoms with Gasteiger partial charge in [-0.2, -0.15) is 0 Å². The van der Waals surface area contributed by atoms with Crippen LogP contribution in [0.1, 0.15) is 64.6 Å². The van der Waals surface area contributed by atoms with Crippen molar-refractivity contribution < 1.29 is 32.2 Å². The first-order chi connectivity index (χ1) is 24.7. The lowest BCUT2D eigenvalue weighted by molar-refractivity contribution is 0.0134. The van der Waals surface area contributed by atoms with E-state index in [-0.39, 0.29) is 35.1 Å². The molecule has 0 radical (unpaired) electrons. The highest BCUT2D eigenvalue weighted by Gasteiger charge is 2.34. The van der Waals surface area contributed by atoms with Gasteiger partial charge in [-0.15, -0.1) is 0 Å². The number of hydrogen-bond acceptors (Lipinski definition) is 9. The molecule has 3 aliphatic heterocycles. The van der Waals surface area contributed by atoms with Crippen LogP contribution in [-0.2, 0) is 21.2 Å². The van der Waals surface area contributed by atoms with E-state index in [1.54, 1.807) is 48.5 Å². The highest BCUT2D eigenvalue weighted by Crippen LogP contribution is 2.36. The summed E-state index contributed by atoms with van der Waals surface area (Å²) in [6.07, 6.45) is 1.80. The van der Waals surface area contributed by atoms with E-state index in [0.717, 1.165) is 38.0 Å². The fraction of sp³-hybridized carbons (Fsp3) is 0.350. The third kappa shape index (κ3) is 7.37. The molecule has 3 aliphatic rings. The molecule has 0 unspecified atom stereocenters. The third-order valence-corrected chi connectivity index (χ3v) is 12.2. The van der Waals surface area contributed by atoms with Crippen LogP contribution in [0.25, 0.3) is 0 Å². The quantitative estimate of drug-likeness (QED) is 0.194. The Balaban J connectivity index is 0.914. The minimum atomic E-state index is -3.70. The molecule has 2 fully saturated rings. The van der Waals surface area contributed by atoms with Gasteiger partial charge in [0.05, 0.1) is 15.4 Å². The van der Waals surface area contributed by atoms with Gasteiger partial charge in [-0.05, 0) is 74.7 Å². The Kier molecular flexibility index (Phi) is 10.1. The summed E-state index contributed by atoms with van der Waals surface area (Å²) in [5, 5.41) is 0. The van der Waals surface area contributed by atoms with E-state index in [1.165, 1.54) is 6.07 Å². The lowest BCUT2D eigenvalue weighted by Gasteiger charge is -2.47. The molecular formula is C40H43N3O7S. The molecule has 0 spiro atoms. The van der Waals surface area contributed by atoms with Gasteiger partial charge in [0.15, 0.2) is 11.5 Å². The first kappa shape index (κ1) is 34.7. The van der Waals surface area contributed by atoms with Crippen LogP contribution in [0.2, 0.25) is 0 Å². The minimum Gasteiger partial charge on any atom is -0.457 e. The molecule has 11 heteroatoms. The molecule has 0 aliphatic carbocycles. The summed E-state index contributed by atoms with van der Waals surface area (Å²) >= 11 is 0. The second kappa shape index (κ2) is 14.9. The Morgan fingerprint density at radius 2 is 1.51 bits per heavy atom. The standard InChI is InChI=1S/C40H43N3O7S/c1-28-25-42(22-23-43(28)29(2)30-12-14-34(15-13-30)51(46,47)35-16-17-37-38(24-35)50-27-49-37)33-18-20-41(21-19-33)39(44)36-11-7-6-10-32(36)26-48-40(45)31-8-4-3-5-9-31/h3-17,24,28-29,33H,18-23,25-27H2,1-2H3/t28-,29+/m1/s1. The summed E-state index contributed by atoms with van der Waals surface area (Å²) in [6.45, 7) is 8.66. The SMILES string of the molecule is C[C@@H]1CN(C2CCN(C(=O)c3ccccc3COC(=O)c3ccccc3)CC2)CCN1[C@@H](C)c1ccc(S(=O)(=O)c2ccc3c(c2)OCO3)cc1. The molecule has 2 atom stereocenters. The van der Waals surface area contributed by atoms with E-state index in [2.05, 4.69) is 23.6 Å². The smallest absolute Gasteiger partial charge is 0.338 e. The molecular weight excluding hydrogens is 667 g/mol. The van der Waals surface area contributed by atoms with Gasteiger partial charge >= 0.3 is 5.97 Å². The number of hydrogen-bond donors (Lipinski definition) is 0. The number of rotatable bonds is 9. The van der Waals surface area contributed by atoms with Gasteiger partial charge in [0.2, 0.25) is 16.6 Å². The van der Waals surface area contributed by atoms with Crippen LogP contribution in [0.5, 0.6) is 11.5 Å². The van der Waals surface area contributed by atoms with E-state index in [9.17, 15) is 18.0 Å². The third-order valence-electron chi connectivity index (χ3n) is 10.4. The summed E-state index contributed by atoms with van der Waals surface area (Å²) in [4.78, 5) is 33.5. The van der Waals surface area contributed by atoms with Gasteiger partial charge in [-0.25, -0.2) is 13.2 Å². The normalized spacial score (nSPS) is 19.1. The number of carbonyl (C=O) groups is 2. The van der Waals surface area contributed by atoms with Crippen LogP contribution in [0.3, 0.4) is 0 Å². The largest absolute Gasteiger partial charge is 0.457 e. The van der Waals surface area contributed by atoms with Crippen LogP contribution >= 0.6 is 0 Å². The maximum absolute atomic E-state index is 13.6. The van der Waals surface area contributed by atoms with Gasteiger partial charge in [-0.3, -0.25) is 14.6 Å². The second-order valence-electron chi connectivity index (χ2n) is 13.5. The predicted octanol–water partition coefficient (Wildman–Crippen LogP) is 5.98. The number of piperidine rings is 1. The van der Waals surface area contributed by atoms with E-state index in [1.807, 2.05) is 47.4 Å². The predicted molar refractivity (Wildman–Crippen MR) is 192 cm³/mol. The molecule has 0 bridgehead atoms. The molecule has 51 heavy (non-hydrogen) atoms. The number of sulfone groups is 1. The summed E-state index contributed by atoms with van der Waals surface area (Å²) < 4.78 is 42.9. The molecule has 266 valence electrons. The number of nitrogens with zero attached hydrogens (tertiary/aromatic N) is 3. The lowest BCUT2D eigenvalue weighted by atomic mass is 9.98. The van der Waals surface area contributed by atoms with Gasteiger partial charge in [-0.1, -0.05) is 48.5 Å². The molecule has 4 aromatic rings.